The van der Waals surface area contributed by atoms with Gasteiger partial charge in [0.2, 0.25) is 0 Å². The number of esters is 1. The van der Waals surface area contributed by atoms with Gasteiger partial charge in [0.25, 0.3) is 0 Å². The number of para-hydroxylation sites is 1. The highest BCUT2D eigenvalue weighted by Crippen LogP contribution is 2.40. The minimum Gasteiger partial charge on any atom is -0.465 e. The first-order chi connectivity index (χ1) is 12.1. The number of rotatable bonds is 3. The SMILES string of the molecule is CCOC(=O)C1=C(C)OC(C)=C(C#N)C1c1cnc2ccccc2c1. The summed E-state index contributed by atoms with van der Waals surface area (Å²) in [5.74, 6) is -0.0763. The molecule has 0 radical (unpaired) electrons. The summed E-state index contributed by atoms with van der Waals surface area (Å²) in [6.07, 6.45) is 1.70. The molecule has 1 aromatic heterocycles. The normalized spacial score (nSPS) is 17.3. The molecule has 0 N–H and O–H groups in total. The minimum absolute atomic E-state index is 0.253. The number of nitrogens with zero attached hydrogens (tertiary/aromatic N) is 2. The summed E-state index contributed by atoms with van der Waals surface area (Å²) < 4.78 is 10.8. The first kappa shape index (κ1) is 16.7. The highest BCUT2D eigenvalue weighted by molar-refractivity contribution is 5.93. The molecule has 5 nitrogen and oxygen atoms in total. The van der Waals surface area contributed by atoms with Crippen LogP contribution in [0.5, 0.6) is 0 Å². The van der Waals surface area contributed by atoms with Crippen molar-refractivity contribution in [2.24, 2.45) is 0 Å². The molecule has 0 fully saturated rings. The number of ether oxygens (including phenoxy) is 2. The van der Waals surface area contributed by atoms with Crippen molar-refractivity contribution in [1.82, 2.24) is 4.98 Å². The Morgan fingerprint density at radius 3 is 2.80 bits per heavy atom. The van der Waals surface area contributed by atoms with Crippen LogP contribution in [0, 0.1) is 11.3 Å². The molecule has 1 unspecified atom stereocenters. The van der Waals surface area contributed by atoms with Gasteiger partial charge in [0.05, 0.1) is 35.3 Å². The van der Waals surface area contributed by atoms with Crippen molar-refractivity contribution in [1.29, 1.82) is 5.26 Å². The van der Waals surface area contributed by atoms with E-state index in [1.807, 2.05) is 30.3 Å². The van der Waals surface area contributed by atoms with Gasteiger partial charge in [0.1, 0.15) is 11.5 Å². The van der Waals surface area contributed by atoms with Crippen molar-refractivity contribution in [3.8, 4) is 6.07 Å². The summed E-state index contributed by atoms with van der Waals surface area (Å²) in [5, 5.41) is 10.6. The van der Waals surface area contributed by atoms with E-state index in [1.165, 1.54) is 0 Å². The van der Waals surface area contributed by atoms with Gasteiger partial charge >= 0.3 is 5.97 Å². The van der Waals surface area contributed by atoms with Gasteiger partial charge in [-0.05, 0) is 38.5 Å². The van der Waals surface area contributed by atoms with Crippen LogP contribution >= 0.6 is 0 Å². The molecular weight excluding hydrogens is 316 g/mol. The van der Waals surface area contributed by atoms with Crippen molar-refractivity contribution >= 4 is 16.9 Å². The lowest BCUT2D eigenvalue weighted by Gasteiger charge is -2.27. The first-order valence-electron chi connectivity index (χ1n) is 8.08. The zero-order chi connectivity index (χ0) is 18.0. The molecule has 3 rings (SSSR count). The molecule has 0 amide bonds. The number of carbonyl (C=O) groups is 1. The molecule has 0 spiro atoms. The molecule has 126 valence electrons. The zero-order valence-electron chi connectivity index (χ0n) is 14.4. The largest absolute Gasteiger partial charge is 0.465 e. The average Bonchev–Trinajstić information content (AvgIpc) is 2.60. The summed E-state index contributed by atoms with van der Waals surface area (Å²) in [4.78, 5) is 17.0. The Hall–Kier alpha value is -3.13. The highest BCUT2D eigenvalue weighted by Gasteiger charge is 2.35. The molecular formula is C20H18N2O3. The maximum atomic E-state index is 12.5. The number of pyridine rings is 1. The smallest absolute Gasteiger partial charge is 0.338 e. The van der Waals surface area contributed by atoms with Gasteiger partial charge in [-0.3, -0.25) is 4.98 Å². The fraction of sp³-hybridized carbons (Fsp3) is 0.250. The van der Waals surface area contributed by atoms with Crippen LogP contribution in [0.1, 0.15) is 32.3 Å². The van der Waals surface area contributed by atoms with E-state index in [0.29, 0.717) is 22.7 Å². The fourth-order valence-electron chi connectivity index (χ4n) is 3.08. The van der Waals surface area contributed by atoms with Crippen LogP contribution in [-0.4, -0.2) is 17.6 Å². The summed E-state index contributed by atoms with van der Waals surface area (Å²) >= 11 is 0. The predicted octanol–water partition coefficient (Wildman–Crippen LogP) is 3.98. The molecule has 0 bridgehead atoms. The molecule has 0 saturated carbocycles. The predicted molar refractivity (Wildman–Crippen MR) is 93.2 cm³/mol. The Bertz CT molecular complexity index is 951. The average molecular weight is 334 g/mol. The van der Waals surface area contributed by atoms with E-state index in [-0.39, 0.29) is 6.61 Å². The molecule has 2 heterocycles. The summed E-state index contributed by atoms with van der Waals surface area (Å²) in [6, 6.07) is 11.9. The molecule has 1 aliphatic rings. The third-order valence-electron chi connectivity index (χ3n) is 4.20. The number of benzene rings is 1. The maximum Gasteiger partial charge on any atom is 0.338 e. The van der Waals surface area contributed by atoms with Gasteiger partial charge in [-0.15, -0.1) is 0 Å². The van der Waals surface area contributed by atoms with Crippen LogP contribution in [0.4, 0.5) is 0 Å². The second-order valence-electron chi connectivity index (χ2n) is 5.77. The van der Waals surface area contributed by atoms with Crippen molar-refractivity contribution in [3.63, 3.8) is 0 Å². The van der Waals surface area contributed by atoms with Crippen molar-refractivity contribution < 1.29 is 14.3 Å². The van der Waals surface area contributed by atoms with Crippen LogP contribution in [0.2, 0.25) is 0 Å². The van der Waals surface area contributed by atoms with Crippen LogP contribution in [-0.2, 0) is 14.3 Å². The molecule has 0 aliphatic carbocycles. The lowest BCUT2D eigenvalue weighted by Crippen LogP contribution is -2.23. The highest BCUT2D eigenvalue weighted by atomic mass is 16.5. The Labute approximate surface area is 146 Å². The van der Waals surface area contributed by atoms with Crippen LogP contribution < -0.4 is 0 Å². The number of aromatic nitrogens is 1. The number of allylic oxidation sites excluding steroid dienone is 3. The Morgan fingerprint density at radius 2 is 2.08 bits per heavy atom. The van der Waals surface area contributed by atoms with E-state index >= 15 is 0 Å². The molecule has 2 aromatic rings. The molecule has 5 heteroatoms. The number of carbonyl (C=O) groups excluding carboxylic acids is 1. The summed E-state index contributed by atoms with van der Waals surface area (Å²) in [5.41, 5.74) is 2.36. The number of nitriles is 1. The number of hydrogen-bond donors (Lipinski definition) is 0. The lowest BCUT2D eigenvalue weighted by molar-refractivity contribution is -0.139. The summed E-state index contributed by atoms with van der Waals surface area (Å²) in [6.45, 7) is 5.44. The van der Waals surface area contributed by atoms with Crippen LogP contribution in [0.15, 0.2) is 59.2 Å². The molecule has 1 atom stereocenters. The minimum atomic E-state index is -0.546. The quantitative estimate of drug-likeness (QED) is 0.794. The van der Waals surface area contributed by atoms with Crippen molar-refractivity contribution in [3.05, 3.63) is 64.8 Å². The zero-order valence-corrected chi connectivity index (χ0v) is 14.4. The van der Waals surface area contributed by atoms with E-state index < -0.39 is 11.9 Å². The van der Waals surface area contributed by atoms with E-state index in [2.05, 4.69) is 11.1 Å². The van der Waals surface area contributed by atoms with E-state index in [1.54, 1.807) is 27.0 Å². The summed E-state index contributed by atoms with van der Waals surface area (Å²) in [7, 11) is 0. The Balaban J connectivity index is 2.19. The third kappa shape index (κ3) is 2.99. The van der Waals surface area contributed by atoms with Gasteiger partial charge < -0.3 is 9.47 Å². The Kier molecular flexibility index (Phi) is 4.53. The van der Waals surface area contributed by atoms with E-state index in [4.69, 9.17) is 9.47 Å². The van der Waals surface area contributed by atoms with E-state index in [9.17, 15) is 10.1 Å². The molecule has 0 saturated heterocycles. The van der Waals surface area contributed by atoms with Gasteiger partial charge in [0.15, 0.2) is 0 Å². The number of hydrogen-bond acceptors (Lipinski definition) is 5. The first-order valence-corrected chi connectivity index (χ1v) is 8.08. The second-order valence-corrected chi connectivity index (χ2v) is 5.77. The van der Waals surface area contributed by atoms with Crippen molar-refractivity contribution in [2.45, 2.75) is 26.7 Å². The second kappa shape index (κ2) is 6.78. The molecule has 25 heavy (non-hydrogen) atoms. The van der Waals surface area contributed by atoms with Gasteiger partial charge in [-0.1, -0.05) is 18.2 Å². The number of fused-ring (bicyclic) bond motifs is 1. The van der Waals surface area contributed by atoms with Gasteiger partial charge in [0, 0.05) is 11.6 Å². The van der Waals surface area contributed by atoms with Gasteiger partial charge in [-0.25, -0.2) is 4.79 Å². The monoisotopic (exact) mass is 334 g/mol. The topological polar surface area (TPSA) is 72.2 Å². The Morgan fingerprint density at radius 1 is 1.32 bits per heavy atom. The van der Waals surface area contributed by atoms with Crippen molar-refractivity contribution in [2.75, 3.05) is 6.61 Å². The van der Waals surface area contributed by atoms with Crippen LogP contribution in [0.3, 0.4) is 0 Å². The lowest BCUT2D eigenvalue weighted by atomic mass is 9.82. The molecule has 1 aromatic carbocycles. The van der Waals surface area contributed by atoms with E-state index in [0.717, 1.165) is 16.5 Å². The van der Waals surface area contributed by atoms with Crippen LogP contribution in [0.25, 0.3) is 10.9 Å². The maximum absolute atomic E-state index is 12.5. The third-order valence-corrected chi connectivity index (χ3v) is 4.20. The fourth-order valence-corrected chi connectivity index (χ4v) is 3.08. The molecule has 1 aliphatic heterocycles. The standard InChI is InChI=1S/C20H18N2O3/c1-4-24-20(23)18-13(3)25-12(2)16(10-21)19(18)15-9-14-7-5-6-8-17(14)22-11-15/h5-9,11,19H,4H2,1-3H3. The van der Waals surface area contributed by atoms with Gasteiger partial charge in [-0.2, -0.15) is 5.26 Å².